The number of oxime groups is 1. The largest absolute Gasteiger partial charge is 0.409 e. The topological polar surface area (TPSA) is 133 Å². The quantitative estimate of drug-likeness (QED) is 0.259. The van der Waals surface area contributed by atoms with Gasteiger partial charge in [-0.15, -0.1) is 0 Å². The molecule has 0 spiro atoms. The molecule has 108 valence electrons. The van der Waals surface area contributed by atoms with Gasteiger partial charge in [0.25, 0.3) is 10.0 Å². The predicted octanol–water partition coefficient (Wildman–Crippen LogP) is 0.302. The number of imidazole rings is 1. The summed E-state index contributed by atoms with van der Waals surface area (Å²) in [4.78, 5) is 6.48. The molecular weight excluding hydrogens is 270 g/mol. The highest BCUT2D eigenvalue weighted by molar-refractivity contribution is 7.89. The van der Waals surface area contributed by atoms with Crippen molar-refractivity contribution in [3.8, 4) is 0 Å². The Hall–Kier alpha value is -1.61. The van der Waals surface area contributed by atoms with Gasteiger partial charge in [-0.1, -0.05) is 19.0 Å². The highest BCUT2D eigenvalue weighted by Crippen LogP contribution is 2.19. The first-order valence-electron chi connectivity index (χ1n) is 5.85. The molecular formula is C10H19N5O3S. The zero-order chi connectivity index (χ0) is 14.7. The highest BCUT2D eigenvalue weighted by Gasteiger charge is 2.37. The van der Waals surface area contributed by atoms with Crippen LogP contribution in [0.15, 0.2) is 16.4 Å². The van der Waals surface area contributed by atoms with Crippen molar-refractivity contribution in [3.63, 3.8) is 0 Å². The normalized spacial score (nSPS) is 13.7. The van der Waals surface area contributed by atoms with Crippen LogP contribution in [0.5, 0.6) is 0 Å². The number of rotatable bonds is 6. The Bertz CT molecular complexity index is 559. The van der Waals surface area contributed by atoms with Gasteiger partial charge in [0.05, 0.1) is 11.7 Å². The Labute approximate surface area is 112 Å². The van der Waals surface area contributed by atoms with Gasteiger partial charge in [-0.05, 0) is 19.8 Å². The van der Waals surface area contributed by atoms with Gasteiger partial charge in [0.2, 0.25) is 0 Å². The third-order valence-electron chi connectivity index (χ3n) is 3.10. The van der Waals surface area contributed by atoms with E-state index in [0.717, 1.165) is 0 Å². The average Bonchev–Trinajstić information content (AvgIpc) is 2.82. The molecule has 19 heavy (non-hydrogen) atoms. The summed E-state index contributed by atoms with van der Waals surface area (Å²) in [5.41, 5.74) is 4.49. The van der Waals surface area contributed by atoms with Crippen molar-refractivity contribution in [2.24, 2.45) is 10.9 Å². The van der Waals surface area contributed by atoms with Crippen molar-refractivity contribution in [2.45, 2.75) is 44.2 Å². The van der Waals surface area contributed by atoms with E-state index in [0.29, 0.717) is 18.7 Å². The van der Waals surface area contributed by atoms with Crippen molar-refractivity contribution in [1.29, 1.82) is 0 Å². The van der Waals surface area contributed by atoms with Crippen LogP contribution in [0.25, 0.3) is 0 Å². The Morgan fingerprint density at radius 2 is 2.16 bits per heavy atom. The average molecular weight is 289 g/mol. The maximum atomic E-state index is 12.2. The second-order valence-corrected chi connectivity index (χ2v) is 5.86. The molecule has 0 aliphatic rings. The highest BCUT2D eigenvalue weighted by atomic mass is 32.2. The maximum absolute atomic E-state index is 12.2. The lowest BCUT2D eigenvalue weighted by atomic mass is 9.93. The SMILES string of the molecule is CCC(CC)(NS(=O)(=O)c1cnc(C)[nH]1)C(N)=NO. The standard InChI is InChI=1S/C10H19N5O3S/c1-4-10(5-2,9(11)14-16)15-19(17,18)8-6-12-7(3)13-8/h6,15-16H,4-5H2,1-3H3,(H2,11,14)(H,12,13). The number of nitrogens with two attached hydrogens (primary N) is 1. The second kappa shape index (κ2) is 5.57. The maximum Gasteiger partial charge on any atom is 0.258 e. The van der Waals surface area contributed by atoms with Gasteiger partial charge in [0.15, 0.2) is 10.9 Å². The molecule has 0 aromatic carbocycles. The van der Waals surface area contributed by atoms with Crippen LogP contribution >= 0.6 is 0 Å². The molecule has 0 saturated heterocycles. The van der Waals surface area contributed by atoms with E-state index in [1.807, 2.05) is 0 Å². The van der Waals surface area contributed by atoms with E-state index in [2.05, 4.69) is 19.8 Å². The fourth-order valence-corrected chi connectivity index (χ4v) is 3.24. The molecule has 0 bridgehead atoms. The molecule has 1 rings (SSSR count). The third kappa shape index (κ3) is 3.04. The second-order valence-electron chi connectivity index (χ2n) is 4.21. The molecule has 8 nitrogen and oxygen atoms in total. The van der Waals surface area contributed by atoms with Crippen LogP contribution < -0.4 is 10.5 Å². The molecule has 0 radical (unpaired) electrons. The molecule has 0 saturated carbocycles. The number of nitrogens with one attached hydrogen (secondary N) is 2. The lowest BCUT2D eigenvalue weighted by molar-refractivity contribution is 0.307. The first-order valence-corrected chi connectivity index (χ1v) is 7.33. The van der Waals surface area contributed by atoms with E-state index in [1.165, 1.54) is 6.20 Å². The molecule has 1 heterocycles. The molecule has 0 unspecified atom stereocenters. The van der Waals surface area contributed by atoms with E-state index < -0.39 is 15.6 Å². The van der Waals surface area contributed by atoms with Crippen LogP contribution in [0.1, 0.15) is 32.5 Å². The van der Waals surface area contributed by atoms with Crippen LogP contribution in [-0.2, 0) is 10.0 Å². The number of aromatic nitrogens is 2. The van der Waals surface area contributed by atoms with Gasteiger partial charge < -0.3 is 15.9 Å². The number of nitrogens with zero attached hydrogens (tertiary/aromatic N) is 2. The van der Waals surface area contributed by atoms with Crippen molar-refractivity contribution in [3.05, 3.63) is 12.0 Å². The van der Waals surface area contributed by atoms with Gasteiger partial charge in [-0.25, -0.2) is 13.4 Å². The summed E-state index contributed by atoms with van der Waals surface area (Å²) in [6, 6.07) is 0. The first-order chi connectivity index (χ1) is 8.81. The van der Waals surface area contributed by atoms with Crippen molar-refractivity contribution in [1.82, 2.24) is 14.7 Å². The fraction of sp³-hybridized carbons (Fsp3) is 0.600. The van der Waals surface area contributed by atoms with Crippen LogP contribution in [-0.4, -0.2) is 35.0 Å². The molecule has 0 atom stereocenters. The van der Waals surface area contributed by atoms with E-state index in [4.69, 9.17) is 10.9 Å². The van der Waals surface area contributed by atoms with Gasteiger partial charge in [-0.3, -0.25) is 0 Å². The summed E-state index contributed by atoms with van der Waals surface area (Å²) in [7, 11) is -3.82. The van der Waals surface area contributed by atoms with E-state index in [1.54, 1.807) is 20.8 Å². The number of sulfonamides is 1. The third-order valence-corrected chi connectivity index (χ3v) is 4.55. The molecule has 0 amide bonds. The van der Waals surface area contributed by atoms with E-state index in [9.17, 15) is 8.42 Å². The summed E-state index contributed by atoms with van der Waals surface area (Å²) in [5, 5.41) is 11.7. The smallest absolute Gasteiger partial charge is 0.258 e. The number of aryl methyl sites for hydroxylation is 1. The lowest BCUT2D eigenvalue weighted by Gasteiger charge is -2.30. The van der Waals surface area contributed by atoms with Gasteiger partial charge >= 0.3 is 0 Å². The summed E-state index contributed by atoms with van der Waals surface area (Å²) in [6.45, 7) is 5.15. The van der Waals surface area contributed by atoms with Gasteiger partial charge in [-0.2, -0.15) is 4.72 Å². The van der Waals surface area contributed by atoms with Crippen LogP contribution in [0.4, 0.5) is 0 Å². The van der Waals surface area contributed by atoms with Crippen molar-refractivity contribution in [2.75, 3.05) is 0 Å². The summed E-state index contributed by atoms with van der Waals surface area (Å²) < 4.78 is 26.9. The Morgan fingerprint density at radius 3 is 2.53 bits per heavy atom. The van der Waals surface area contributed by atoms with Crippen LogP contribution in [0.3, 0.4) is 0 Å². The minimum atomic E-state index is -3.82. The minimum Gasteiger partial charge on any atom is -0.409 e. The fourth-order valence-electron chi connectivity index (χ4n) is 1.75. The minimum absolute atomic E-state index is 0.0537. The van der Waals surface area contributed by atoms with E-state index >= 15 is 0 Å². The first kappa shape index (κ1) is 15.4. The Morgan fingerprint density at radius 1 is 1.58 bits per heavy atom. The van der Waals surface area contributed by atoms with Gasteiger partial charge in [0.1, 0.15) is 5.82 Å². The monoisotopic (exact) mass is 289 g/mol. The zero-order valence-corrected chi connectivity index (χ0v) is 12.0. The van der Waals surface area contributed by atoms with E-state index in [-0.39, 0.29) is 10.9 Å². The van der Waals surface area contributed by atoms with Gasteiger partial charge in [0, 0.05) is 0 Å². The van der Waals surface area contributed by atoms with Crippen LogP contribution in [0.2, 0.25) is 0 Å². The molecule has 5 N–H and O–H groups in total. The Kier molecular flexibility index (Phi) is 4.53. The molecule has 1 aromatic heterocycles. The summed E-state index contributed by atoms with van der Waals surface area (Å²) >= 11 is 0. The molecule has 1 aromatic rings. The summed E-state index contributed by atoms with van der Waals surface area (Å²) in [6.07, 6.45) is 1.93. The number of H-pyrrole nitrogens is 1. The number of hydrogen-bond acceptors (Lipinski definition) is 5. The zero-order valence-electron chi connectivity index (χ0n) is 11.1. The van der Waals surface area contributed by atoms with Crippen molar-refractivity contribution < 1.29 is 13.6 Å². The molecule has 0 aliphatic carbocycles. The van der Waals surface area contributed by atoms with Crippen molar-refractivity contribution >= 4 is 15.9 Å². The number of aromatic amines is 1. The summed E-state index contributed by atoms with van der Waals surface area (Å²) in [5.74, 6) is 0.320. The lowest BCUT2D eigenvalue weighted by Crippen LogP contribution is -2.56. The molecule has 9 heteroatoms. The molecule has 0 fully saturated rings. The van der Waals surface area contributed by atoms with Crippen LogP contribution in [0, 0.1) is 6.92 Å². The number of amidine groups is 1. The Balaban J connectivity index is 3.17. The molecule has 0 aliphatic heterocycles. The number of hydrogen-bond donors (Lipinski definition) is 4. The predicted molar refractivity (Wildman–Crippen MR) is 70.4 cm³/mol.